The van der Waals surface area contributed by atoms with Crippen LogP contribution >= 0.6 is 15.9 Å². The fourth-order valence-electron chi connectivity index (χ4n) is 2.29. The van der Waals surface area contributed by atoms with E-state index in [0.29, 0.717) is 18.3 Å². The average molecular weight is 338 g/mol. The Kier molecular flexibility index (Phi) is 4.14. The number of nitrogens with zero attached hydrogens (tertiary/aromatic N) is 3. The number of hydrogen-bond acceptors (Lipinski definition) is 5. The molecular formula is C14H16BrN3O2. The molecule has 0 radical (unpaired) electrons. The van der Waals surface area contributed by atoms with Gasteiger partial charge in [0.25, 0.3) is 0 Å². The topological polar surface area (TPSA) is 51.4 Å². The first kappa shape index (κ1) is 13.7. The van der Waals surface area contributed by atoms with E-state index in [4.69, 9.17) is 9.15 Å². The van der Waals surface area contributed by atoms with Crippen LogP contribution in [0.1, 0.15) is 12.8 Å². The zero-order valence-corrected chi connectivity index (χ0v) is 12.8. The van der Waals surface area contributed by atoms with Crippen LogP contribution < -0.4 is 0 Å². The second kappa shape index (κ2) is 6.03. The molecule has 106 valence electrons. The number of halogens is 1. The summed E-state index contributed by atoms with van der Waals surface area (Å²) in [4.78, 5) is 2.27. The van der Waals surface area contributed by atoms with Crippen molar-refractivity contribution in [1.82, 2.24) is 15.1 Å². The Morgan fingerprint density at radius 2 is 2.20 bits per heavy atom. The largest absolute Gasteiger partial charge is 0.419 e. The lowest BCUT2D eigenvalue weighted by Crippen LogP contribution is -2.40. The Labute approximate surface area is 126 Å². The van der Waals surface area contributed by atoms with Crippen LogP contribution in [0.4, 0.5) is 0 Å². The van der Waals surface area contributed by atoms with E-state index in [9.17, 15) is 0 Å². The smallest absolute Gasteiger partial charge is 0.248 e. The minimum atomic E-state index is 0.259. The van der Waals surface area contributed by atoms with E-state index < -0.39 is 0 Å². The van der Waals surface area contributed by atoms with Crippen LogP contribution in [0.25, 0.3) is 11.5 Å². The molecule has 1 aromatic heterocycles. The molecule has 0 spiro atoms. The van der Waals surface area contributed by atoms with Gasteiger partial charge >= 0.3 is 0 Å². The third-order valence-electron chi connectivity index (χ3n) is 3.26. The first-order chi connectivity index (χ1) is 9.72. The highest BCUT2D eigenvalue weighted by molar-refractivity contribution is 9.10. The number of ether oxygens (including phenoxy) is 1. The minimum Gasteiger partial charge on any atom is -0.419 e. The van der Waals surface area contributed by atoms with Crippen molar-refractivity contribution in [1.29, 1.82) is 0 Å². The molecule has 1 atom stereocenters. The SMILES string of the molecule is C[C@@H]1CN(Cc2nnc(-c3ccccc3Br)o2)CCO1. The molecule has 1 fully saturated rings. The van der Waals surface area contributed by atoms with Crippen molar-refractivity contribution in [3.05, 3.63) is 34.6 Å². The van der Waals surface area contributed by atoms with Crippen molar-refractivity contribution >= 4 is 15.9 Å². The summed E-state index contributed by atoms with van der Waals surface area (Å²) in [7, 11) is 0. The Bertz CT molecular complexity index is 587. The minimum absolute atomic E-state index is 0.259. The van der Waals surface area contributed by atoms with Gasteiger partial charge in [-0.1, -0.05) is 12.1 Å². The third-order valence-corrected chi connectivity index (χ3v) is 3.95. The van der Waals surface area contributed by atoms with Crippen LogP contribution in [0.3, 0.4) is 0 Å². The molecule has 2 heterocycles. The van der Waals surface area contributed by atoms with Gasteiger partial charge in [0.15, 0.2) is 0 Å². The maximum Gasteiger partial charge on any atom is 0.248 e. The fourth-order valence-corrected chi connectivity index (χ4v) is 2.74. The van der Waals surface area contributed by atoms with Gasteiger partial charge in [0.2, 0.25) is 11.8 Å². The highest BCUT2D eigenvalue weighted by Gasteiger charge is 2.19. The highest BCUT2D eigenvalue weighted by atomic mass is 79.9. The molecule has 1 aliphatic heterocycles. The predicted octanol–water partition coefficient (Wildman–Crippen LogP) is 2.72. The molecule has 0 amide bonds. The van der Waals surface area contributed by atoms with E-state index in [1.165, 1.54) is 0 Å². The predicted molar refractivity (Wildman–Crippen MR) is 78.1 cm³/mol. The number of rotatable bonds is 3. The van der Waals surface area contributed by atoms with Crippen molar-refractivity contribution in [2.24, 2.45) is 0 Å². The molecule has 0 unspecified atom stereocenters. The third kappa shape index (κ3) is 3.08. The lowest BCUT2D eigenvalue weighted by atomic mass is 10.2. The second-order valence-electron chi connectivity index (χ2n) is 4.90. The number of hydrogen-bond donors (Lipinski definition) is 0. The number of morpholine rings is 1. The highest BCUT2D eigenvalue weighted by Crippen LogP contribution is 2.26. The molecule has 0 bridgehead atoms. The molecule has 0 N–H and O–H groups in total. The van der Waals surface area contributed by atoms with E-state index in [2.05, 4.69) is 38.0 Å². The van der Waals surface area contributed by atoms with Crippen molar-refractivity contribution in [3.8, 4) is 11.5 Å². The number of aromatic nitrogens is 2. The van der Waals surface area contributed by atoms with Gasteiger partial charge in [0, 0.05) is 17.6 Å². The summed E-state index contributed by atoms with van der Waals surface area (Å²) in [5.41, 5.74) is 0.918. The summed E-state index contributed by atoms with van der Waals surface area (Å²) >= 11 is 3.49. The molecule has 0 saturated carbocycles. The lowest BCUT2D eigenvalue weighted by molar-refractivity contribution is -0.0235. The van der Waals surface area contributed by atoms with E-state index >= 15 is 0 Å². The van der Waals surface area contributed by atoms with Gasteiger partial charge in [-0.25, -0.2) is 0 Å². The molecule has 1 saturated heterocycles. The van der Waals surface area contributed by atoms with E-state index in [1.54, 1.807) is 0 Å². The van der Waals surface area contributed by atoms with Gasteiger partial charge in [-0.15, -0.1) is 10.2 Å². The Morgan fingerprint density at radius 1 is 1.35 bits per heavy atom. The maximum absolute atomic E-state index is 5.75. The summed E-state index contributed by atoms with van der Waals surface area (Å²) < 4.78 is 12.2. The molecule has 2 aromatic rings. The van der Waals surface area contributed by atoms with E-state index in [1.807, 2.05) is 24.3 Å². The van der Waals surface area contributed by atoms with Crippen LogP contribution in [-0.4, -0.2) is 40.9 Å². The van der Waals surface area contributed by atoms with Crippen molar-refractivity contribution < 1.29 is 9.15 Å². The van der Waals surface area contributed by atoms with Crippen molar-refractivity contribution in [2.45, 2.75) is 19.6 Å². The Hall–Kier alpha value is -1.24. The van der Waals surface area contributed by atoms with Crippen molar-refractivity contribution in [2.75, 3.05) is 19.7 Å². The molecule has 1 aliphatic rings. The Morgan fingerprint density at radius 3 is 3.00 bits per heavy atom. The molecule has 6 heteroatoms. The molecule has 3 rings (SSSR count). The molecule has 1 aromatic carbocycles. The molecule has 5 nitrogen and oxygen atoms in total. The molecule has 20 heavy (non-hydrogen) atoms. The first-order valence-electron chi connectivity index (χ1n) is 6.63. The number of benzene rings is 1. The summed E-state index contributed by atoms with van der Waals surface area (Å²) in [6.07, 6.45) is 0.259. The van der Waals surface area contributed by atoms with Gasteiger partial charge in [0.1, 0.15) is 0 Å². The monoisotopic (exact) mass is 337 g/mol. The normalized spacial score (nSPS) is 20.2. The standard InChI is InChI=1S/C14H16BrN3O2/c1-10-8-18(6-7-19-10)9-13-16-17-14(20-13)11-4-2-3-5-12(11)15/h2-5,10H,6-9H2,1H3/t10-/m1/s1. The zero-order valence-electron chi connectivity index (χ0n) is 11.3. The Balaban J connectivity index is 1.72. The van der Waals surface area contributed by atoms with Gasteiger partial charge in [-0.05, 0) is 35.0 Å². The van der Waals surface area contributed by atoms with Gasteiger partial charge in [0.05, 0.1) is 24.8 Å². The van der Waals surface area contributed by atoms with Crippen LogP contribution in [0.5, 0.6) is 0 Å². The average Bonchev–Trinajstić information content (AvgIpc) is 2.87. The van der Waals surface area contributed by atoms with E-state index in [-0.39, 0.29) is 6.10 Å². The summed E-state index contributed by atoms with van der Waals surface area (Å²) in [6.45, 7) is 5.30. The summed E-state index contributed by atoms with van der Waals surface area (Å²) in [5.74, 6) is 1.19. The van der Waals surface area contributed by atoms with Gasteiger partial charge < -0.3 is 9.15 Å². The van der Waals surface area contributed by atoms with Gasteiger partial charge in [-0.2, -0.15) is 0 Å². The van der Waals surface area contributed by atoms with Crippen LogP contribution in [0.15, 0.2) is 33.2 Å². The maximum atomic E-state index is 5.75. The van der Waals surface area contributed by atoms with Crippen LogP contribution in [0, 0.1) is 0 Å². The van der Waals surface area contributed by atoms with Crippen LogP contribution in [-0.2, 0) is 11.3 Å². The van der Waals surface area contributed by atoms with Crippen LogP contribution in [0.2, 0.25) is 0 Å². The van der Waals surface area contributed by atoms with E-state index in [0.717, 1.165) is 29.7 Å². The fraction of sp³-hybridized carbons (Fsp3) is 0.429. The quantitative estimate of drug-likeness (QED) is 0.861. The lowest BCUT2D eigenvalue weighted by Gasteiger charge is -2.29. The summed E-state index contributed by atoms with van der Waals surface area (Å²) in [6, 6.07) is 7.83. The van der Waals surface area contributed by atoms with Crippen molar-refractivity contribution in [3.63, 3.8) is 0 Å². The molecular weight excluding hydrogens is 322 g/mol. The second-order valence-corrected chi connectivity index (χ2v) is 5.75. The summed E-state index contributed by atoms with van der Waals surface area (Å²) in [5, 5.41) is 8.26. The molecule has 0 aliphatic carbocycles. The first-order valence-corrected chi connectivity index (χ1v) is 7.43. The zero-order chi connectivity index (χ0) is 13.9. The van der Waals surface area contributed by atoms with Gasteiger partial charge in [-0.3, -0.25) is 4.90 Å².